The third-order valence-corrected chi connectivity index (χ3v) is 4.44. The molecular weight excluding hydrogens is 478 g/mol. The van der Waals surface area contributed by atoms with Gasteiger partial charge in [-0.3, -0.25) is 18.7 Å². The number of amides is 1. The molecule has 0 atom stereocenters. The van der Waals surface area contributed by atoms with E-state index in [1.54, 1.807) is 0 Å². The minimum absolute atomic E-state index is 0.0350. The third-order valence-electron chi connectivity index (χ3n) is 3.38. The van der Waals surface area contributed by atoms with Crippen LogP contribution in [0.15, 0.2) is 36.7 Å². The van der Waals surface area contributed by atoms with Gasteiger partial charge in [-0.15, -0.1) is 0 Å². The first-order valence-electron chi connectivity index (χ1n) is 7.04. The number of hydrogen-bond acceptors (Lipinski definition) is 6. The lowest BCUT2D eigenvalue weighted by atomic mass is 10.2. The Hall–Kier alpha value is -2.40. The van der Waals surface area contributed by atoms with Gasteiger partial charge in [-0.1, -0.05) is 15.9 Å². The van der Waals surface area contributed by atoms with Crippen LogP contribution in [0.2, 0.25) is 0 Å². The highest BCUT2D eigenvalue weighted by Crippen LogP contribution is 2.32. The molecule has 0 fully saturated rings. The monoisotopic (exact) mass is 489 g/mol. The SMILES string of the molecule is Cn1c(NC(=O)COC(=O)c2cc(Br)cc(Br)c2O)cc(=O)n(C)c1=O. The molecule has 0 unspecified atom stereocenters. The normalized spacial score (nSPS) is 10.5. The van der Waals surface area contributed by atoms with Crippen molar-refractivity contribution >= 4 is 49.6 Å². The van der Waals surface area contributed by atoms with Gasteiger partial charge in [-0.2, -0.15) is 0 Å². The number of phenolic OH excluding ortho intramolecular Hbond substituents is 1. The lowest BCUT2D eigenvalue weighted by Gasteiger charge is -2.11. The molecule has 0 bridgehead atoms. The summed E-state index contributed by atoms with van der Waals surface area (Å²) in [6, 6.07) is 3.94. The van der Waals surface area contributed by atoms with Crippen LogP contribution >= 0.6 is 31.9 Å². The molecule has 2 aromatic rings. The first-order chi connectivity index (χ1) is 12.1. The summed E-state index contributed by atoms with van der Waals surface area (Å²) >= 11 is 6.26. The van der Waals surface area contributed by atoms with E-state index < -0.39 is 29.7 Å². The van der Waals surface area contributed by atoms with E-state index in [4.69, 9.17) is 4.74 Å². The van der Waals surface area contributed by atoms with Gasteiger partial charge in [0.1, 0.15) is 17.1 Å². The summed E-state index contributed by atoms with van der Waals surface area (Å²) in [5.74, 6) is -2.03. The molecule has 26 heavy (non-hydrogen) atoms. The summed E-state index contributed by atoms with van der Waals surface area (Å²) in [7, 11) is 2.68. The number of aromatic hydroxyl groups is 1. The Bertz CT molecular complexity index is 1010. The molecule has 0 aliphatic heterocycles. The van der Waals surface area contributed by atoms with E-state index >= 15 is 0 Å². The van der Waals surface area contributed by atoms with Gasteiger partial charge in [-0.05, 0) is 28.1 Å². The second kappa shape index (κ2) is 7.87. The molecule has 11 heteroatoms. The fourth-order valence-corrected chi connectivity index (χ4v) is 3.19. The maximum atomic E-state index is 12.0. The van der Waals surface area contributed by atoms with Crippen molar-refractivity contribution in [3.05, 3.63) is 53.5 Å². The average Bonchev–Trinajstić information content (AvgIpc) is 2.58. The minimum Gasteiger partial charge on any atom is -0.506 e. The largest absolute Gasteiger partial charge is 0.506 e. The second-order valence-corrected chi connectivity index (χ2v) is 6.95. The number of benzene rings is 1. The van der Waals surface area contributed by atoms with E-state index in [9.17, 15) is 24.3 Å². The van der Waals surface area contributed by atoms with Gasteiger partial charge in [-0.25, -0.2) is 9.59 Å². The summed E-state index contributed by atoms with van der Waals surface area (Å²) in [6.07, 6.45) is 0. The Morgan fingerprint density at radius 3 is 2.46 bits per heavy atom. The number of carbonyl (C=O) groups excluding carboxylic acids is 2. The lowest BCUT2D eigenvalue weighted by molar-refractivity contribution is -0.119. The van der Waals surface area contributed by atoms with Crippen molar-refractivity contribution in [1.82, 2.24) is 9.13 Å². The number of phenols is 1. The number of esters is 1. The Labute approximate surface area is 163 Å². The predicted molar refractivity (Wildman–Crippen MR) is 99.3 cm³/mol. The lowest BCUT2D eigenvalue weighted by Crippen LogP contribution is -2.38. The van der Waals surface area contributed by atoms with Gasteiger partial charge in [0.05, 0.1) is 4.47 Å². The van der Waals surface area contributed by atoms with Crippen LogP contribution in [-0.2, 0) is 23.6 Å². The zero-order valence-electron chi connectivity index (χ0n) is 13.6. The highest BCUT2D eigenvalue weighted by atomic mass is 79.9. The van der Waals surface area contributed by atoms with E-state index in [2.05, 4.69) is 37.2 Å². The van der Waals surface area contributed by atoms with Crippen LogP contribution in [0.4, 0.5) is 5.82 Å². The van der Waals surface area contributed by atoms with E-state index in [0.717, 1.165) is 15.2 Å². The van der Waals surface area contributed by atoms with Gasteiger partial charge >= 0.3 is 11.7 Å². The maximum absolute atomic E-state index is 12.0. The number of halogens is 2. The molecule has 0 spiro atoms. The van der Waals surface area contributed by atoms with Crippen LogP contribution in [-0.4, -0.2) is 32.7 Å². The molecule has 0 saturated heterocycles. The number of aromatic nitrogens is 2. The molecule has 138 valence electrons. The zero-order chi connectivity index (χ0) is 19.6. The van der Waals surface area contributed by atoms with Crippen molar-refractivity contribution in [2.45, 2.75) is 0 Å². The Morgan fingerprint density at radius 1 is 1.15 bits per heavy atom. The number of rotatable bonds is 4. The standard InChI is InChI=1S/C15H13Br2N3O6/c1-19-10(5-12(22)20(2)15(19)25)18-11(21)6-26-14(24)8-3-7(16)4-9(17)13(8)23/h3-5,23H,6H2,1-2H3,(H,18,21). The van der Waals surface area contributed by atoms with Gasteiger partial charge in [0.15, 0.2) is 6.61 Å². The Balaban J connectivity index is 2.10. The smallest absolute Gasteiger partial charge is 0.342 e. The van der Waals surface area contributed by atoms with Crippen molar-refractivity contribution < 1.29 is 19.4 Å². The molecule has 1 aromatic heterocycles. The first kappa shape index (κ1) is 19.9. The van der Waals surface area contributed by atoms with Crippen molar-refractivity contribution in [3.63, 3.8) is 0 Å². The highest BCUT2D eigenvalue weighted by Gasteiger charge is 2.18. The van der Waals surface area contributed by atoms with Gasteiger partial charge in [0.25, 0.3) is 11.5 Å². The number of hydrogen-bond donors (Lipinski definition) is 2. The van der Waals surface area contributed by atoms with Crippen molar-refractivity contribution in [3.8, 4) is 5.75 Å². The zero-order valence-corrected chi connectivity index (χ0v) is 16.7. The summed E-state index contributed by atoms with van der Waals surface area (Å²) in [5.41, 5.74) is -1.35. The van der Waals surface area contributed by atoms with Crippen LogP contribution in [0.1, 0.15) is 10.4 Å². The van der Waals surface area contributed by atoms with Crippen molar-refractivity contribution in [1.29, 1.82) is 0 Å². The first-order valence-corrected chi connectivity index (χ1v) is 8.62. The van der Waals surface area contributed by atoms with E-state index in [-0.39, 0.29) is 21.6 Å². The van der Waals surface area contributed by atoms with Crippen LogP contribution in [0, 0.1) is 0 Å². The van der Waals surface area contributed by atoms with Crippen LogP contribution in [0.25, 0.3) is 0 Å². The van der Waals surface area contributed by atoms with Crippen molar-refractivity contribution in [2.75, 3.05) is 11.9 Å². The molecule has 2 rings (SSSR count). The summed E-state index contributed by atoms with van der Waals surface area (Å²) in [4.78, 5) is 47.4. The van der Waals surface area contributed by atoms with Gasteiger partial charge in [0.2, 0.25) is 0 Å². The summed E-state index contributed by atoms with van der Waals surface area (Å²) in [6.45, 7) is -0.675. The van der Waals surface area contributed by atoms with E-state index in [1.165, 1.54) is 26.2 Å². The number of nitrogens with zero attached hydrogens (tertiary/aromatic N) is 2. The number of anilines is 1. The fraction of sp³-hybridized carbons (Fsp3) is 0.200. The van der Waals surface area contributed by atoms with Crippen LogP contribution in [0.3, 0.4) is 0 Å². The maximum Gasteiger partial charge on any atom is 0.342 e. The van der Waals surface area contributed by atoms with Crippen LogP contribution < -0.4 is 16.6 Å². The molecule has 2 N–H and O–H groups in total. The molecular formula is C15H13Br2N3O6. The molecule has 0 saturated carbocycles. The quantitative estimate of drug-likeness (QED) is 0.619. The second-order valence-electron chi connectivity index (χ2n) is 5.18. The minimum atomic E-state index is -0.919. The molecule has 0 aliphatic rings. The van der Waals surface area contributed by atoms with Gasteiger partial charge < -0.3 is 15.2 Å². The summed E-state index contributed by atoms with van der Waals surface area (Å²) in [5, 5.41) is 12.2. The van der Waals surface area contributed by atoms with Crippen LogP contribution in [0.5, 0.6) is 5.75 Å². The number of ether oxygens (including phenoxy) is 1. The molecule has 0 radical (unpaired) electrons. The highest BCUT2D eigenvalue weighted by molar-refractivity contribution is 9.11. The fourth-order valence-electron chi connectivity index (χ4n) is 1.96. The molecule has 1 aromatic carbocycles. The van der Waals surface area contributed by atoms with Gasteiger partial charge in [0, 0.05) is 24.6 Å². The van der Waals surface area contributed by atoms with E-state index in [0.29, 0.717) is 4.47 Å². The van der Waals surface area contributed by atoms with Crippen molar-refractivity contribution in [2.24, 2.45) is 14.1 Å². The number of nitrogens with one attached hydrogen (secondary N) is 1. The number of carbonyl (C=O) groups is 2. The third kappa shape index (κ3) is 4.22. The Morgan fingerprint density at radius 2 is 1.81 bits per heavy atom. The average molecular weight is 491 g/mol. The molecule has 9 nitrogen and oxygen atoms in total. The Kier molecular flexibility index (Phi) is 6.03. The summed E-state index contributed by atoms with van der Waals surface area (Å²) < 4.78 is 7.60. The topological polar surface area (TPSA) is 120 Å². The molecule has 1 heterocycles. The molecule has 0 aliphatic carbocycles. The van der Waals surface area contributed by atoms with E-state index in [1.807, 2.05) is 0 Å². The predicted octanol–water partition coefficient (Wildman–Crippen LogP) is 1.11. The molecule has 1 amide bonds.